The van der Waals surface area contributed by atoms with E-state index in [9.17, 15) is 14.9 Å². The molecule has 1 N–H and O–H groups in total. The van der Waals surface area contributed by atoms with Crippen LogP contribution in [-0.2, 0) is 16.6 Å². The van der Waals surface area contributed by atoms with E-state index < -0.39 is 10.7 Å². The van der Waals surface area contributed by atoms with E-state index in [-0.39, 0.29) is 23.7 Å². The molecule has 0 fully saturated rings. The number of ether oxygens (including phenoxy) is 1. The van der Waals surface area contributed by atoms with Crippen LogP contribution < -0.4 is 10.1 Å². The normalized spacial score (nSPS) is 11.2. The molecule has 0 aliphatic heterocycles. The average Bonchev–Trinajstić information content (AvgIpc) is 2.61. The number of carbonyl (C=O) groups is 1. The second kappa shape index (κ2) is 8.82. The summed E-state index contributed by atoms with van der Waals surface area (Å²) >= 11 is 0. The first kappa shape index (κ1) is 21.3. The van der Waals surface area contributed by atoms with Crippen molar-refractivity contribution in [2.24, 2.45) is 0 Å². The number of aryl methyl sites for hydroxylation is 2. The Morgan fingerprint density at radius 1 is 1.25 bits per heavy atom. The maximum absolute atomic E-state index is 12.0. The molecule has 0 aliphatic rings. The van der Waals surface area contributed by atoms with Crippen molar-refractivity contribution < 1.29 is 14.5 Å². The molecule has 0 radical (unpaired) electrons. The number of rotatable bonds is 7. The maximum Gasteiger partial charge on any atom is 0.406 e. The zero-order valence-corrected chi connectivity index (χ0v) is 17.0. The summed E-state index contributed by atoms with van der Waals surface area (Å²) in [6.07, 6.45) is 2.02. The first-order valence-corrected chi connectivity index (χ1v) is 9.19. The summed E-state index contributed by atoms with van der Waals surface area (Å²) in [5, 5.41) is 13.7. The minimum absolute atomic E-state index is 0.0212. The third-order valence-electron chi connectivity index (χ3n) is 4.54. The van der Waals surface area contributed by atoms with Crippen LogP contribution in [0.25, 0.3) is 0 Å². The lowest BCUT2D eigenvalue weighted by Gasteiger charge is -2.22. The summed E-state index contributed by atoms with van der Waals surface area (Å²) in [5.74, 6) is -0.757. The van der Waals surface area contributed by atoms with Crippen molar-refractivity contribution in [3.05, 3.63) is 62.8 Å². The fourth-order valence-corrected chi connectivity index (χ4v) is 2.97. The number of nitrogens with one attached hydrogen (secondary N) is 1. The lowest BCUT2D eigenvalue weighted by molar-refractivity contribution is -0.390. The lowest BCUT2D eigenvalue weighted by atomic mass is 9.83. The molecule has 0 spiro atoms. The number of aromatic nitrogens is 1. The molecule has 1 aromatic carbocycles. The molecule has 1 heterocycles. The van der Waals surface area contributed by atoms with E-state index in [1.54, 1.807) is 0 Å². The van der Waals surface area contributed by atoms with Crippen molar-refractivity contribution >= 4 is 11.7 Å². The van der Waals surface area contributed by atoms with E-state index in [1.165, 1.54) is 40.6 Å². The number of nitro groups is 1. The van der Waals surface area contributed by atoms with Gasteiger partial charge in [0.25, 0.3) is 5.91 Å². The van der Waals surface area contributed by atoms with Crippen molar-refractivity contribution in [1.82, 2.24) is 10.3 Å². The fraction of sp³-hybridized carbons (Fsp3) is 0.429. The summed E-state index contributed by atoms with van der Waals surface area (Å²) in [5.41, 5.74) is 5.02. The van der Waals surface area contributed by atoms with Crippen LogP contribution >= 0.6 is 0 Å². The van der Waals surface area contributed by atoms with Crippen LogP contribution in [0.2, 0.25) is 0 Å². The van der Waals surface area contributed by atoms with Gasteiger partial charge in [-0.25, -0.2) is 0 Å². The Bertz CT molecular complexity index is 849. The predicted octanol–water partition coefficient (Wildman–Crippen LogP) is 3.64. The summed E-state index contributed by atoms with van der Waals surface area (Å²) in [7, 11) is 0. The smallest absolute Gasteiger partial charge is 0.406 e. The Kier molecular flexibility index (Phi) is 6.72. The molecule has 2 rings (SSSR count). The van der Waals surface area contributed by atoms with Gasteiger partial charge in [0.15, 0.2) is 6.61 Å². The van der Waals surface area contributed by atoms with Gasteiger partial charge in [-0.3, -0.25) is 4.79 Å². The molecule has 7 heteroatoms. The molecule has 28 heavy (non-hydrogen) atoms. The standard InChI is InChI=1S/C21H27N3O4/c1-14-11-16(21(3,4)5)12-15(2)17(14)8-10-22-19(25)13-28-18-7-6-9-23-20(18)24(26)27/h6-7,9,11-12H,8,10,13H2,1-5H3,(H,22,25). The van der Waals surface area contributed by atoms with Gasteiger partial charge in [-0.1, -0.05) is 32.9 Å². The SMILES string of the molecule is Cc1cc(C(C)(C)C)cc(C)c1CCNC(=O)COc1cccnc1[N+](=O)[O-]. The minimum Gasteiger partial charge on any atom is -0.476 e. The van der Waals surface area contributed by atoms with E-state index in [1.807, 2.05) is 0 Å². The van der Waals surface area contributed by atoms with Crippen LogP contribution in [0, 0.1) is 24.0 Å². The van der Waals surface area contributed by atoms with Gasteiger partial charge in [0, 0.05) is 6.54 Å². The summed E-state index contributed by atoms with van der Waals surface area (Å²) in [6.45, 7) is 10.9. The van der Waals surface area contributed by atoms with Gasteiger partial charge < -0.3 is 20.2 Å². The number of hydrogen-bond acceptors (Lipinski definition) is 5. The van der Waals surface area contributed by atoms with Crippen molar-refractivity contribution in [2.45, 2.75) is 46.5 Å². The van der Waals surface area contributed by atoms with E-state index >= 15 is 0 Å². The van der Waals surface area contributed by atoms with Gasteiger partial charge in [-0.05, 0) is 70.0 Å². The van der Waals surface area contributed by atoms with Gasteiger partial charge in [0.2, 0.25) is 5.75 Å². The Morgan fingerprint density at radius 3 is 2.46 bits per heavy atom. The van der Waals surface area contributed by atoms with Crippen molar-refractivity contribution in [3.63, 3.8) is 0 Å². The van der Waals surface area contributed by atoms with Gasteiger partial charge in [-0.15, -0.1) is 0 Å². The van der Waals surface area contributed by atoms with Gasteiger partial charge in [0.1, 0.15) is 6.20 Å². The van der Waals surface area contributed by atoms with Crippen LogP contribution in [0.15, 0.2) is 30.5 Å². The first-order chi connectivity index (χ1) is 13.1. The van der Waals surface area contributed by atoms with Crippen molar-refractivity contribution in [1.29, 1.82) is 0 Å². The van der Waals surface area contributed by atoms with Crippen LogP contribution in [0.5, 0.6) is 5.75 Å². The Morgan fingerprint density at radius 2 is 1.89 bits per heavy atom. The quantitative estimate of drug-likeness (QED) is 0.580. The number of hydrogen-bond donors (Lipinski definition) is 1. The zero-order chi connectivity index (χ0) is 20.9. The van der Waals surface area contributed by atoms with Crippen LogP contribution in [0.3, 0.4) is 0 Å². The van der Waals surface area contributed by atoms with Crippen molar-refractivity contribution in [2.75, 3.05) is 13.2 Å². The molecule has 0 bridgehead atoms. The molecule has 7 nitrogen and oxygen atoms in total. The molecule has 0 saturated carbocycles. The third kappa shape index (κ3) is 5.52. The number of carbonyl (C=O) groups excluding carboxylic acids is 1. The first-order valence-electron chi connectivity index (χ1n) is 9.19. The zero-order valence-electron chi connectivity index (χ0n) is 17.0. The second-order valence-corrected chi connectivity index (χ2v) is 7.81. The molecule has 2 aromatic rings. The monoisotopic (exact) mass is 385 g/mol. The van der Waals surface area contributed by atoms with Gasteiger partial charge in [0.05, 0.1) is 0 Å². The van der Waals surface area contributed by atoms with Gasteiger partial charge >= 0.3 is 5.82 Å². The number of benzene rings is 1. The molecule has 0 aliphatic carbocycles. The lowest BCUT2D eigenvalue weighted by Crippen LogP contribution is -2.31. The van der Waals surface area contributed by atoms with E-state index in [2.05, 4.69) is 57.1 Å². The fourth-order valence-electron chi connectivity index (χ4n) is 2.97. The minimum atomic E-state index is -0.639. The topological polar surface area (TPSA) is 94.4 Å². The molecule has 150 valence electrons. The third-order valence-corrected chi connectivity index (χ3v) is 4.54. The highest BCUT2D eigenvalue weighted by molar-refractivity contribution is 5.77. The number of pyridine rings is 1. The highest BCUT2D eigenvalue weighted by atomic mass is 16.6. The predicted molar refractivity (Wildman–Crippen MR) is 108 cm³/mol. The van der Waals surface area contributed by atoms with E-state index in [4.69, 9.17) is 4.74 Å². The van der Waals surface area contributed by atoms with Gasteiger partial charge in [-0.2, -0.15) is 0 Å². The molecule has 0 saturated heterocycles. The summed E-state index contributed by atoms with van der Waals surface area (Å²) in [4.78, 5) is 25.9. The van der Waals surface area contributed by atoms with E-state index in [0.717, 1.165) is 0 Å². The maximum atomic E-state index is 12.0. The average molecular weight is 385 g/mol. The molecule has 1 amide bonds. The molecular weight excluding hydrogens is 358 g/mol. The molecule has 0 unspecified atom stereocenters. The van der Waals surface area contributed by atoms with Crippen LogP contribution in [0.1, 0.15) is 43.0 Å². The highest BCUT2D eigenvalue weighted by Crippen LogP contribution is 2.27. The number of nitrogens with zero attached hydrogens (tertiary/aromatic N) is 2. The molecular formula is C21H27N3O4. The summed E-state index contributed by atoms with van der Waals surface area (Å²) < 4.78 is 5.25. The van der Waals surface area contributed by atoms with Crippen LogP contribution in [-0.4, -0.2) is 29.0 Å². The Balaban J connectivity index is 1.90. The summed E-state index contributed by atoms with van der Waals surface area (Å²) in [6, 6.07) is 7.35. The largest absolute Gasteiger partial charge is 0.476 e. The van der Waals surface area contributed by atoms with E-state index in [0.29, 0.717) is 13.0 Å². The number of amides is 1. The van der Waals surface area contributed by atoms with Crippen LogP contribution in [0.4, 0.5) is 5.82 Å². The molecule has 1 aromatic heterocycles. The van der Waals surface area contributed by atoms with Crippen molar-refractivity contribution in [3.8, 4) is 5.75 Å². The highest BCUT2D eigenvalue weighted by Gasteiger charge is 2.18. The molecule has 0 atom stereocenters. The Labute approximate surface area is 165 Å². The second-order valence-electron chi connectivity index (χ2n) is 7.81. The Hall–Kier alpha value is -2.96.